The van der Waals surface area contributed by atoms with E-state index < -0.39 is 6.04 Å². The highest BCUT2D eigenvalue weighted by Gasteiger charge is 2.33. The molecule has 0 aromatic heterocycles. The van der Waals surface area contributed by atoms with Crippen molar-refractivity contribution in [3.05, 3.63) is 29.6 Å². The third-order valence-electron chi connectivity index (χ3n) is 5.65. The van der Waals surface area contributed by atoms with Crippen LogP contribution in [0.15, 0.2) is 18.2 Å². The lowest BCUT2D eigenvalue weighted by molar-refractivity contribution is -0.139. The van der Waals surface area contributed by atoms with Gasteiger partial charge in [0.05, 0.1) is 19.6 Å². The molecule has 2 amide bonds. The number of benzene rings is 1. The van der Waals surface area contributed by atoms with Crippen LogP contribution in [0.1, 0.15) is 44.1 Å². The number of piperazine rings is 1. The lowest BCUT2D eigenvalue weighted by Crippen LogP contribution is -2.56. The van der Waals surface area contributed by atoms with E-state index in [2.05, 4.69) is 5.32 Å². The van der Waals surface area contributed by atoms with E-state index in [0.29, 0.717) is 30.9 Å². The van der Waals surface area contributed by atoms with E-state index in [-0.39, 0.29) is 24.1 Å². The van der Waals surface area contributed by atoms with Gasteiger partial charge in [-0.3, -0.25) is 14.5 Å². The third-order valence-corrected chi connectivity index (χ3v) is 5.65. The van der Waals surface area contributed by atoms with E-state index >= 15 is 0 Å². The van der Waals surface area contributed by atoms with Crippen LogP contribution in [0.5, 0.6) is 5.75 Å². The standard InChI is InChI=1S/C21H30FN3O3/c1-28-17-8-7-16(18(22)13-17)15-25-12-9-23-21(27)19(25)14-20(26)24-10-5-3-2-4-6-11-24/h7-8,13,19H,2-6,9-12,14-15H2,1H3,(H,23,27). The number of hydrogen-bond acceptors (Lipinski definition) is 4. The Hall–Kier alpha value is -2.15. The number of halogens is 1. The molecule has 1 unspecified atom stereocenters. The Morgan fingerprint density at radius 2 is 1.89 bits per heavy atom. The van der Waals surface area contributed by atoms with Crippen LogP contribution < -0.4 is 10.1 Å². The molecule has 2 aliphatic rings. The maximum Gasteiger partial charge on any atom is 0.237 e. The van der Waals surface area contributed by atoms with Crippen molar-refractivity contribution < 1.29 is 18.7 Å². The van der Waals surface area contributed by atoms with E-state index in [1.54, 1.807) is 12.1 Å². The van der Waals surface area contributed by atoms with Crippen molar-refractivity contribution in [2.75, 3.05) is 33.3 Å². The number of nitrogens with zero attached hydrogens (tertiary/aromatic N) is 2. The number of methoxy groups -OCH3 is 1. The second-order valence-corrected chi connectivity index (χ2v) is 7.59. The molecule has 1 aromatic rings. The molecular weight excluding hydrogens is 361 g/mol. The Bertz CT molecular complexity index is 689. The minimum atomic E-state index is -0.562. The third kappa shape index (κ3) is 5.22. The predicted molar refractivity (Wildman–Crippen MR) is 104 cm³/mol. The highest BCUT2D eigenvalue weighted by molar-refractivity contribution is 5.88. The van der Waals surface area contributed by atoms with Crippen LogP contribution in [-0.4, -0.2) is 60.9 Å². The molecule has 1 atom stereocenters. The summed E-state index contributed by atoms with van der Waals surface area (Å²) in [5.41, 5.74) is 0.499. The molecule has 0 saturated carbocycles. The topological polar surface area (TPSA) is 61.9 Å². The Morgan fingerprint density at radius 3 is 2.57 bits per heavy atom. The van der Waals surface area contributed by atoms with Crippen molar-refractivity contribution in [2.45, 2.75) is 51.1 Å². The Balaban J connectivity index is 1.68. The first-order valence-electron chi connectivity index (χ1n) is 10.2. The van der Waals surface area contributed by atoms with Crippen LogP contribution in [0.3, 0.4) is 0 Å². The van der Waals surface area contributed by atoms with Gasteiger partial charge in [0.25, 0.3) is 0 Å². The fraction of sp³-hybridized carbons (Fsp3) is 0.619. The second kappa shape index (κ2) is 9.87. The molecule has 0 spiro atoms. The summed E-state index contributed by atoms with van der Waals surface area (Å²) in [7, 11) is 1.50. The zero-order chi connectivity index (χ0) is 19.9. The average molecular weight is 391 g/mol. The summed E-state index contributed by atoms with van der Waals surface area (Å²) in [5, 5.41) is 2.85. The zero-order valence-corrected chi connectivity index (χ0v) is 16.6. The summed E-state index contributed by atoms with van der Waals surface area (Å²) in [6, 6.07) is 4.17. The summed E-state index contributed by atoms with van der Waals surface area (Å²) in [4.78, 5) is 29.1. The van der Waals surface area contributed by atoms with Gasteiger partial charge in [0, 0.05) is 44.4 Å². The summed E-state index contributed by atoms with van der Waals surface area (Å²) < 4.78 is 19.4. The van der Waals surface area contributed by atoms with Crippen molar-refractivity contribution in [1.82, 2.24) is 15.1 Å². The molecule has 2 aliphatic heterocycles. The zero-order valence-electron chi connectivity index (χ0n) is 16.6. The van der Waals surface area contributed by atoms with E-state index in [1.165, 1.54) is 19.6 Å². The number of amides is 2. The number of ether oxygens (including phenoxy) is 1. The van der Waals surface area contributed by atoms with E-state index in [9.17, 15) is 14.0 Å². The van der Waals surface area contributed by atoms with E-state index in [0.717, 1.165) is 38.8 Å². The maximum atomic E-state index is 14.4. The van der Waals surface area contributed by atoms with Gasteiger partial charge in [-0.1, -0.05) is 25.3 Å². The molecule has 1 aromatic carbocycles. The molecular formula is C21H30FN3O3. The molecule has 7 heteroatoms. The molecule has 0 radical (unpaired) electrons. The molecule has 2 fully saturated rings. The summed E-state index contributed by atoms with van der Waals surface area (Å²) in [6.07, 6.45) is 5.71. The highest BCUT2D eigenvalue weighted by atomic mass is 19.1. The van der Waals surface area contributed by atoms with Crippen LogP contribution in [0.4, 0.5) is 4.39 Å². The Labute approximate surface area is 166 Å². The van der Waals surface area contributed by atoms with E-state index in [1.807, 2.05) is 9.80 Å². The van der Waals surface area contributed by atoms with Crippen molar-refractivity contribution in [1.29, 1.82) is 0 Å². The number of carbonyl (C=O) groups excluding carboxylic acids is 2. The smallest absolute Gasteiger partial charge is 0.237 e. The summed E-state index contributed by atoms with van der Waals surface area (Å²) in [5.74, 6) is -0.0367. The van der Waals surface area contributed by atoms with Crippen molar-refractivity contribution in [3.8, 4) is 5.75 Å². The molecule has 2 heterocycles. The van der Waals surface area contributed by atoms with Crippen LogP contribution in [-0.2, 0) is 16.1 Å². The molecule has 2 saturated heterocycles. The van der Waals surface area contributed by atoms with Crippen molar-refractivity contribution in [2.24, 2.45) is 0 Å². The largest absolute Gasteiger partial charge is 0.497 e. The highest BCUT2D eigenvalue weighted by Crippen LogP contribution is 2.21. The molecule has 6 nitrogen and oxygen atoms in total. The van der Waals surface area contributed by atoms with Crippen LogP contribution in [0, 0.1) is 5.82 Å². The van der Waals surface area contributed by atoms with Gasteiger partial charge in [0.1, 0.15) is 11.6 Å². The van der Waals surface area contributed by atoms with Crippen LogP contribution >= 0.6 is 0 Å². The Morgan fingerprint density at radius 1 is 1.18 bits per heavy atom. The van der Waals surface area contributed by atoms with Crippen molar-refractivity contribution in [3.63, 3.8) is 0 Å². The van der Waals surface area contributed by atoms with Gasteiger partial charge in [0.15, 0.2) is 0 Å². The quantitative estimate of drug-likeness (QED) is 0.837. The number of rotatable bonds is 5. The molecule has 1 N–H and O–H groups in total. The number of likely N-dealkylation sites (tertiary alicyclic amines) is 1. The summed E-state index contributed by atoms with van der Waals surface area (Å²) >= 11 is 0. The molecule has 154 valence electrons. The molecule has 3 rings (SSSR count). The van der Waals surface area contributed by atoms with Gasteiger partial charge in [0.2, 0.25) is 11.8 Å². The molecule has 0 bridgehead atoms. The minimum Gasteiger partial charge on any atom is -0.497 e. The second-order valence-electron chi connectivity index (χ2n) is 7.59. The number of carbonyl (C=O) groups is 2. The van der Waals surface area contributed by atoms with Gasteiger partial charge in [-0.2, -0.15) is 0 Å². The molecule has 0 aliphatic carbocycles. The SMILES string of the molecule is COc1ccc(CN2CCNC(=O)C2CC(=O)N2CCCCCCC2)c(F)c1. The lowest BCUT2D eigenvalue weighted by atomic mass is 10.0. The fourth-order valence-electron chi connectivity index (χ4n) is 3.97. The van der Waals surface area contributed by atoms with Gasteiger partial charge in [-0.15, -0.1) is 0 Å². The minimum absolute atomic E-state index is 0.0177. The van der Waals surface area contributed by atoms with Crippen LogP contribution in [0.25, 0.3) is 0 Å². The molecule has 28 heavy (non-hydrogen) atoms. The van der Waals surface area contributed by atoms with Gasteiger partial charge in [-0.05, 0) is 18.9 Å². The van der Waals surface area contributed by atoms with Crippen LogP contribution in [0.2, 0.25) is 0 Å². The van der Waals surface area contributed by atoms with E-state index in [4.69, 9.17) is 4.74 Å². The predicted octanol–water partition coefficient (Wildman–Crippen LogP) is 2.32. The van der Waals surface area contributed by atoms with Crippen molar-refractivity contribution >= 4 is 11.8 Å². The first-order valence-corrected chi connectivity index (χ1v) is 10.2. The first kappa shape index (κ1) is 20.6. The lowest BCUT2D eigenvalue weighted by Gasteiger charge is -2.36. The maximum absolute atomic E-state index is 14.4. The monoisotopic (exact) mass is 391 g/mol. The van der Waals surface area contributed by atoms with Gasteiger partial charge < -0.3 is 15.0 Å². The number of nitrogens with one attached hydrogen (secondary N) is 1. The fourth-order valence-corrected chi connectivity index (χ4v) is 3.97. The average Bonchev–Trinajstić information content (AvgIpc) is 2.65. The number of hydrogen-bond donors (Lipinski definition) is 1. The van der Waals surface area contributed by atoms with Gasteiger partial charge in [-0.25, -0.2) is 4.39 Å². The normalized spacial score (nSPS) is 21.6. The summed E-state index contributed by atoms with van der Waals surface area (Å²) in [6.45, 7) is 2.92. The van der Waals surface area contributed by atoms with Gasteiger partial charge >= 0.3 is 0 Å². The Kier molecular flexibility index (Phi) is 7.25. The first-order chi connectivity index (χ1) is 13.6.